The van der Waals surface area contributed by atoms with Gasteiger partial charge in [-0.3, -0.25) is 4.98 Å². The van der Waals surface area contributed by atoms with Gasteiger partial charge in [-0.1, -0.05) is 0 Å². The van der Waals surface area contributed by atoms with Crippen molar-refractivity contribution >= 4 is 27.2 Å². The van der Waals surface area contributed by atoms with Gasteiger partial charge >= 0.3 is 0 Å². The van der Waals surface area contributed by atoms with Crippen molar-refractivity contribution in [2.45, 2.75) is 13.0 Å². The van der Waals surface area contributed by atoms with Crippen LogP contribution in [0.15, 0.2) is 35.8 Å². The maximum Gasteiger partial charge on any atom is 0.161 e. The number of pyridine rings is 1. The molecule has 0 spiro atoms. The minimum absolute atomic E-state index is 0.0762. The molecule has 0 saturated carbocycles. The number of thiophene rings is 1. The molecule has 1 atom stereocenters. The standard InChI is InChI=1S/C15H11F3N2S/c1-8(9-4-15-13(19-7-9)2-3-21-15)20-14-6-11(17)10(16)5-12(14)18/h2-8,20H,1H3. The van der Waals surface area contributed by atoms with Gasteiger partial charge in [-0.2, -0.15) is 0 Å². The number of fused-ring (bicyclic) bond motifs is 1. The molecule has 0 bridgehead atoms. The normalized spacial score (nSPS) is 12.6. The highest BCUT2D eigenvalue weighted by molar-refractivity contribution is 7.17. The van der Waals surface area contributed by atoms with E-state index in [4.69, 9.17) is 0 Å². The quantitative estimate of drug-likeness (QED) is 0.697. The molecular weight excluding hydrogens is 297 g/mol. The highest BCUT2D eigenvalue weighted by Gasteiger charge is 2.13. The van der Waals surface area contributed by atoms with Gasteiger partial charge in [-0.25, -0.2) is 13.2 Å². The van der Waals surface area contributed by atoms with Gasteiger partial charge in [-0.05, 0) is 30.0 Å². The van der Waals surface area contributed by atoms with Gasteiger partial charge in [0.1, 0.15) is 5.82 Å². The molecule has 0 amide bonds. The molecule has 108 valence electrons. The first-order valence-electron chi connectivity index (χ1n) is 6.29. The number of halogens is 3. The first-order chi connectivity index (χ1) is 10.0. The van der Waals surface area contributed by atoms with E-state index in [0.717, 1.165) is 21.8 Å². The van der Waals surface area contributed by atoms with E-state index < -0.39 is 17.5 Å². The number of hydrogen-bond acceptors (Lipinski definition) is 3. The van der Waals surface area contributed by atoms with Crippen molar-refractivity contribution in [3.05, 3.63) is 58.9 Å². The molecule has 0 fully saturated rings. The van der Waals surface area contributed by atoms with Crippen LogP contribution >= 0.6 is 11.3 Å². The van der Waals surface area contributed by atoms with Crippen LogP contribution in [0, 0.1) is 17.5 Å². The zero-order valence-corrected chi connectivity index (χ0v) is 11.8. The number of benzene rings is 1. The van der Waals surface area contributed by atoms with E-state index in [1.807, 2.05) is 17.5 Å². The number of nitrogens with zero attached hydrogens (tertiary/aromatic N) is 1. The van der Waals surface area contributed by atoms with Crippen LogP contribution in [0.2, 0.25) is 0 Å². The fourth-order valence-corrected chi connectivity index (χ4v) is 2.84. The van der Waals surface area contributed by atoms with E-state index in [2.05, 4.69) is 10.3 Å². The van der Waals surface area contributed by atoms with Gasteiger partial charge in [-0.15, -0.1) is 11.3 Å². The molecule has 2 heterocycles. The molecule has 0 saturated heterocycles. The Balaban J connectivity index is 1.88. The molecule has 0 aliphatic heterocycles. The second-order valence-corrected chi connectivity index (χ2v) is 5.63. The van der Waals surface area contributed by atoms with Crippen molar-refractivity contribution in [3.63, 3.8) is 0 Å². The largest absolute Gasteiger partial charge is 0.376 e. The molecule has 1 N–H and O–H groups in total. The maximum absolute atomic E-state index is 13.6. The lowest BCUT2D eigenvalue weighted by molar-refractivity contribution is 0.495. The molecule has 1 aromatic carbocycles. The topological polar surface area (TPSA) is 24.9 Å². The van der Waals surface area contributed by atoms with E-state index in [1.165, 1.54) is 0 Å². The Kier molecular flexibility index (Phi) is 3.55. The van der Waals surface area contributed by atoms with Crippen LogP contribution in [0.3, 0.4) is 0 Å². The van der Waals surface area contributed by atoms with Crippen molar-refractivity contribution < 1.29 is 13.2 Å². The van der Waals surface area contributed by atoms with Gasteiger partial charge in [0.15, 0.2) is 11.6 Å². The minimum Gasteiger partial charge on any atom is -0.376 e. The third kappa shape index (κ3) is 2.71. The van der Waals surface area contributed by atoms with Crippen molar-refractivity contribution in [3.8, 4) is 0 Å². The van der Waals surface area contributed by atoms with Crippen molar-refractivity contribution in [1.82, 2.24) is 4.98 Å². The highest BCUT2D eigenvalue weighted by Crippen LogP contribution is 2.26. The van der Waals surface area contributed by atoms with Crippen LogP contribution in [0.1, 0.15) is 18.5 Å². The Labute approximate surface area is 123 Å². The molecule has 1 unspecified atom stereocenters. The average Bonchev–Trinajstić information content (AvgIpc) is 2.92. The van der Waals surface area contributed by atoms with Gasteiger partial charge in [0.25, 0.3) is 0 Å². The van der Waals surface area contributed by atoms with Crippen molar-refractivity contribution in [2.75, 3.05) is 5.32 Å². The van der Waals surface area contributed by atoms with E-state index >= 15 is 0 Å². The Morgan fingerprint density at radius 2 is 1.86 bits per heavy atom. The van der Waals surface area contributed by atoms with E-state index in [0.29, 0.717) is 6.07 Å². The summed E-state index contributed by atoms with van der Waals surface area (Å²) in [6.07, 6.45) is 1.69. The summed E-state index contributed by atoms with van der Waals surface area (Å²) in [7, 11) is 0. The summed E-state index contributed by atoms with van der Waals surface area (Å²) in [4.78, 5) is 4.30. The lowest BCUT2D eigenvalue weighted by atomic mass is 10.1. The Hall–Kier alpha value is -2.08. The fourth-order valence-electron chi connectivity index (χ4n) is 2.05. The van der Waals surface area contributed by atoms with Crippen LogP contribution in [-0.2, 0) is 0 Å². The predicted molar refractivity (Wildman–Crippen MR) is 78.0 cm³/mol. The molecule has 3 aromatic rings. The Morgan fingerprint density at radius 1 is 1.10 bits per heavy atom. The molecule has 21 heavy (non-hydrogen) atoms. The first kappa shape index (κ1) is 13.9. The summed E-state index contributed by atoms with van der Waals surface area (Å²) < 4.78 is 40.7. The monoisotopic (exact) mass is 308 g/mol. The van der Waals surface area contributed by atoms with Crippen LogP contribution in [0.4, 0.5) is 18.9 Å². The summed E-state index contributed by atoms with van der Waals surface area (Å²) in [5.41, 5.74) is 1.66. The highest BCUT2D eigenvalue weighted by atomic mass is 32.1. The van der Waals surface area contributed by atoms with Crippen LogP contribution in [0.5, 0.6) is 0 Å². The van der Waals surface area contributed by atoms with Gasteiger partial charge in [0.2, 0.25) is 0 Å². The summed E-state index contributed by atoms with van der Waals surface area (Å²) in [6, 6.07) is 4.92. The zero-order valence-electron chi connectivity index (χ0n) is 11.0. The summed E-state index contributed by atoms with van der Waals surface area (Å²) in [5.74, 6) is -3.11. The molecule has 3 rings (SSSR count). The number of aromatic nitrogens is 1. The van der Waals surface area contributed by atoms with Crippen LogP contribution in [-0.4, -0.2) is 4.98 Å². The Morgan fingerprint density at radius 3 is 2.67 bits per heavy atom. The van der Waals surface area contributed by atoms with Crippen molar-refractivity contribution in [2.24, 2.45) is 0 Å². The minimum atomic E-state index is -1.20. The molecule has 0 radical (unpaired) electrons. The smallest absolute Gasteiger partial charge is 0.161 e. The zero-order chi connectivity index (χ0) is 15.0. The molecule has 6 heteroatoms. The second kappa shape index (κ2) is 5.37. The molecular formula is C15H11F3N2S. The lowest BCUT2D eigenvalue weighted by Gasteiger charge is -2.16. The first-order valence-corrected chi connectivity index (χ1v) is 7.17. The number of rotatable bonds is 3. The Bertz CT molecular complexity index is 801. The fraction of sp³-hybridized carbons (Fsp3) is 0.133. The van der Waals surface area contributed by atoms with Crippen molar-refractivity contribution in [1.29, 1.82) is 0 Å². The number of anilines is 1. The number of hydrogen-bond donors (Lipinski definition) is 1. The SMILES string of the molecule is CC(Nc1cc(F)c(F)cc1F)c1cnc2ccsc2c1. The van der Waals surface area contributed by atoms with Gasteiger partial charge in [0.05, 0.1) is 21.9 Å². The van der Waals surface area contributed by atoms with E-state index in [1.54, 1.807) is 24.5 Å². The molecule has 2 aromatic heterocycles. The summed E-state index contributed by atoms with van der Waals surface area (Å²) in [6.45, 7) is 1.80. The second-order valence-electron chi connectivity index (χ2n) is 4.68. The third-order valence-corrected chi connectivity index (χ3v) is 4.06. The van der Waals surface area contributed by atoms with Crippen LogP contribution < -0.4 is 5.32 Å². The molecule has 0 aliphatic carbocycles. The van der Waals surface area contributed by atoms with E-state index in [9.17, 15) is 13.2 Å². The van der Waals surface area contributed by atoms with Gasteiger partial charge < -0.3 is 5.32 Å². The molecule has 2 nitrogen and oxygen atoms in total. The van der Waals surface area contributed by atoms with Crippen LogP contribution in [0.25, 0.3) is 10.2 Å². The van der Waals surface area contributed by atoms with E-state index in [-0.39, 0.29) is 11.7 Å². The van der Waals surface area contributed by atoms with Gasteiger partial charge in [0, 0.05) is 18.3 Å². The summed E-state index contributed by atoms with van der Waals surface area (Å²) in [5, 5.41) is 4.77. The lowest BCUT2D eigenvalue weighted by Crippen LogP contribution is -2.09. The predicted octanol–water partition coefficient (Wildman–Crippen LogP) is 4.89. The molecule has 0 aliphatic rings. The number of nitrogens with one attached hydrogen (secondary N) is 1. The summed E-state index contributed by atoms with van der Waals surface area (Å²) >= 11 is 1.56. The maximum atomic E-state index is 13.6. The third-order valence-electron chi connectivity index (χ3n) is 3.21. The average molecular weight is 308 g/mol.